The van der Waals surface area contributed by atoms with Crippen LogP contribution in [0.3, 0.4) is 0 Å². The standard InChI is InChI=1S/C28H48/c1-19(2)20(3)10-11-21(4)24-14-15-25-23-13-12-22-9-7-8-17-27(22,5)26(23)16-18-28(24,25)6/h19,21-26H,3,7-18H2,1-2,4-6H3/t21-,22-,23+,24-,25+,26+,27+,28-/m1/s1. The predicted molar refractivity (Wildman–Crippen MR) is 122 cm³/mol. The largest absolute Gasteiger partial charge is 0.0996 e. The summed E-state index contributed by atoms with van der Waals surface area (Å²) >= 11 is 0. The molecular weight excluding hydrogens is 336 g/mol. The Morgan fingerprint density at radius 3 is 2.36 bits per heavy atom. The molecule has 4 aliphatic carbocycles. The molecule has 4 aliphatic rings. The van der Waals surface area contributed by atoms with Crippen LogP contribution in [0.25, 0.3) is 0 Å². The van der Waals surface area contributed by atoms with Crippen molar-refractivity contribution in [3.05, 3.63) is 12.2 Å². The van der Waals surface area contributed by atoms with Gasteiger partial charge in [0.15, 0.2) is 0 Å². The molecular formula is C28H48. The van der Waals surface area contributed by atoms with Crippen molar-refractivity contribution in [1.82, 2.24) is 0 Å². The summed E-state index contributed by atoms with van der Waals surface area (Å²) in [5, 5.41) is 0. The highest BCUT2D eigenvalue weighted by Gasteiger charge is 2.60. The van der Waals surface area contributed by atoms with E-state index in [0.29, 0.717) is 16.7 Å². The summed E-state index contributed by atoms with van der Waals surface area (Å²) in [5.41, 5.74) is 2.80. The lowest BCUT2D eigenvalue weighted by molar-refractivity contribution is -0.114. The zero-order valence-corrected chi connectivity index (χ0v) is 19.7. The molecule has 0 spiro atoms. The Bertz CT molecular complexity index is 573. The summed E-state index contributed by atoms with van der Waals surface area (Å²) in [5.74, 6) is 6.71. The summed E-state index contributed by atoms with van der Waals surface area (Å²) in [7, 11) is 0. The Morgan fingerprint density at radius 2 is 1.61 bits per heavy atom. The molecule has 0 heterocycles. The Hall–Kier alpha value is -0.260. The average Bonchev–Trinajstić information content (AvgIpc) is 3.02. The van der Waals surface area contributed by atoms with Crippen LogP contribution >= 0.6 is 0 Å². The minimum atomic E-state index is 0.637. The van der Waals surface area contributed by atoms with Crippen LogP contribution in [-0.4, -0.2) is 0 Å². The van der Waals surface area contributed by atoms with Gasteiger partial charge in [0.05, 0.1) is 0 Å². The first-order valence-corrected chi connectivity index (χ1v) is 12.9. The van der Waals surface area contributed by atoms with E-state index in [4.69, 9.17) is 0 Å². The lowest BCUT2D eigenvalue weighted by atomic mass is 9.44. The molecule has 0 aromatic rings. The van der Waals surface area contributed by atoms with Crippen LogP contribution in [0, 0.1) is 52.3 Å². The molecule has 160 valence electrons. The van der Waals surface area contributed by atoms with Crippen molar-refractivity contribution >= 4 is 0 Å². The smallest absolute Gasteiger partial charge is 0.0263 e. The second-order valence-electron chi connectivity index (χ2n) is 12.5. The quantitative estimate of drug-likeness (QED) is 0.416. The highest BCUT2D eigenvalue weighted by molar-refractivity contribution is 5.09. The normalized spacial score (nSPS) is 46.6. The third kappa shape index (κ3) is 3.33. The van der Waals surface area contributed by atoms with Crippen molar-refractivity contribution in [3.8, 4) is 0 Å². The van der Waals surface area contributed by atoms with Gasteiger partial charge in [-0.15, -0.1) is 0 Å². The molecule has 0 amide bonds. The number of allylic oxidation sites excluding steroid dienone is 1. The lowest BCUT2D eigenvalue weighted by Gasteiger charge is -2.61. The van der Waals surface area contributed by atoms with Crippen molar-refractivity contribution in [2.75, 3.05) is 0 Å². The first kappa shape index (κ1) is 21.0. The van der Waals surface area contributed by atoms with E-state index in [0.717, 1.165) is 35.5 Å². The lowest BCUT2D eigenvalue weighted by Crippen LogP contribution is -2.53. The van der Waals surface area contributed by atoms with Crippen molar-refractivity contribution in [3.63, 3.8) is 0 Å². The van der Waals surface area contributed by atoms with Gasteiger partial charge in [-0.05, 0) is 116 Å². The van der Waals surface area contributed by atoms with Crippen molar-refractivity contribution in [1.29, 1.82) is 0 Å². The Morgan fingerprint density at radius 1 is 0.857 bits per heavy atom. The predicted octanol–water partition coefficient (Wildman–Crippen LogP) is 8.66. The van der Waals surface area contributed by atoms with E-state index in [1.807, 2.05) is 0 Å². The Labute approximate surface area is 176 Å². The highest BCUT2D eigenvalue weighted by Crippen LogP contribution is 2.68. The summed E-state index contributed by atoms with van der Waals surface area (Å²) in [6.45, 7) is 17.0. The molecule has 0 bridgehead atoms. The van der Waals surface area contributed by atoms with Crippen LogP contribution in [-0.2, 0) is 0 Å². The van der Waals surface area contributed by atoms with E-state index in [9.17, 15) is 0 Å². The number of fused-ring (bicyclic) bond motifs is 5. The van der Waals surface area contributed by atoms with Crippen molar-refractivity contribution in [2.24, 2.45) is 52.3 Å². The van der Waals surface area contributed by atoms with E-state index in [2.05, 4.69) is 41.2 Å². The van der Waals surface area contributed by atoms with Gasteiger partial charge in [0.25, 0.3) is 0 Å². The molecule has 0 aromatic carbocycles. The molecule has 28 heavy (non-hydrogen) atoms. The van der Waals surface area contributed by atoms with E-state index in [1.54, 1.807) is 38.5 Å². The number of hydrogen-bond acceptors (Lipinski definition) is 0. The molecule has 8 atom stereocenters. The van der Waals surface area contributed by atoms with Crippen LogP contribution < -0.4 is 0 Å². The fourth-order valence-corrected chi connectivity index (χ4v) is 9.17. The van der Waals surface area contributed by atoms with Crippen LogP contribution in [0.2, 0.25) is 0 Å². The molecule has 0 unspecified atom stereocenters. The van der Waals surface area contributed by atoms with Gasteiger partial charge >= 0.3 is 0 Å². The summed E-state index contributed by atoms with van der Waals surface area (Å²) in [4.78, 5) is 0. The number of hydrogen-bond donors (Lipinski definition) is 0. The molecule has 0 nitrogen and oxygen atoms in total. The maximum atomic E-state index is 4.35. The zero-order chi connectivity index (χ0) is 20.1. The van der Waals surface area contributed by atoms with Gasteiger partial charge in [-0.3, -0.25) is 0 Å². The summed E-state index contributed by atoms with van der Waals surface area (Å²) < 4.78 is 0. The van der Waals surface area contributed by atoms with Gasteiger partial charge in [0.2, 0.25) is 0 Å². The monoisotopic (exact) mass is 384 g/mol. The van der Waals surface area contributed by atoms with Crippen LogP contribution in [0.15, 0.2) is 12.2 Å². The van der Waals surface area contributed by atoms with E-state index < -0.39 is 0 Å². The maximum absolute atomic E-state index is 4.35. The molecule has 0 saturated heterocycles. The van der Waals surface area contributed by atoms with Gasteiger partial charge in [-0.2, -0.15) is 0 Å². The van der Waals surface area contributed by atoms with Crippen LogP contribution in [0.4, 0.5) is 0 Å². The molecule has 0 aliphatic heterocycles. The zero-order valence-electron chi connectivity index (χ0n) is 19.7. The number of rotatable bonds is 5. The molecule has 4 rings (SSSR count). The van der Waals surface area contributed by atoms with Gasteiger partial charge in [0.1, 0.15) is 0 Å². The van der Waals surface area contributed by atoms with Gasteiger partial charge in [-0.1, -0.05) is 59.6 Å². The summed E-state index contributed by atoms with van der Waals surface area (Å²) in [6.07, 6.45) is 18.0. The molecule has 0 radical (unpaired) electrons. The van der Waals surface area contributed by atoms with E-state index in [-0.39, 0.29) is 0 Å². The summed E-state index contributed by atoms with van der Waals surface area (Å²) in [6, 6.07) is 0. The molecule has 0 heteroatoms. The van der Waals surface area contributed by atoms with Crippen LogP contribution in [0.5, 0.6) is 0 Å². The fraction of sp³-hybridized carbons (Fsp3) is 0.929. The molecule has 0 N–H and O–H groups in total. The topological polar surface area (TPSA) is 0 Å². The van der Waals surface area contributed by atoms with E-state index >= 15 is 0 Å². The Balaban J connectivity index is 1.47. The van der Waals surface area contributed by atoms with Crippen LogP contribution in [0.1, 0.15) is 112 Å². The first-order valence-electron chi connectivity index (χ1n) is 12.9. The van der Waals surface area contributed by atoms with Crippen molar-refractivity contribution < 1.29 is 0 Å². The molecule has 0 aromatic heterocycles. The second kappa shape index (κ2) is 7.77. The second-order valence-corrected chi connectivity index (χ2v) is 12.5. The van der Waals surface area contributed by atoms with Crippen molar-refractivity contribution in [2.45, 2.75) is 112 Å². The molecule has 4 saturated carbocycles. The maximum Gasteiger partial charge on any atom is -0.0263 e. The average molecular weight is 385 g/mol. The van der Waals surface area contributed by atoms with Gasteiger partial charge < -0.3 is 0 Å². The van der Waals surface area contributed by atoms with E-state index in [1.165, 1.54) is 44.1 Å². The van der Waals surface area contributed by atoms with Gasteiger partial charge in [-0.25, -0.2) is 0 Å². The fourth-order valence-electron chi connectivity index (χ4n) is 9.17. The first-order chi connectivity index (χ1) is 13.3. The van der Waals surface area contributed by atoms with Gasteiger partial charge in [0, 0.05) is 0 Å². The Kier molecular flexibility index (Phi) is 5.83. The minimum Gasteiger partial charge on any atom is -0.0996 e. The third-order valence-corrected chi connectivity index (χ3v) is 11.1. The minimum absolute atomic E-state index is 0.637. The third-order valence-electron chi connectivity index (χ3n) is 11.1. The molecule has 4 fully saturated rings. The highest BCUT2D eigenvalue weighted by atomic mass is 14.6. The SMILES string of the molecule is C=C(CC[C@@H](C)[C@H]1CC[C@H]2[C@@H]3CC[C@H]4CCCC[C@]4(C)[C@H]3CC[C@]12C)C(C)C.